The minimum Gasteiger partial charge on any atom is -0.398 e. The topological polar surface area (TPSA) is 26.0 Å². The Morgan fingerprint density at radius 3 is 2.75 bits per heavy atom. The van der Waals surface area contributed by atoms with Gasteiger partial charge in [0.15, 0.2) is 0 Å². The summed E-state index contributed by atoms with van der Waals surface area (Å²) in [7, 11) is 0. The number of rotatable bonds is 3. The van der Waals surface area contributed by atoms with Crippen LogP contribution in [-0.2, 0) is 6.42 Å². The molecule has 0 amide bonds. The third kappa shape index (κ3) is 2.72. The molecule has 66 valence electrons. The van der Waals surface area contributed by atoms with Crippen LogP contribution in [0.5, 0.6) is 0 Å². The summed E-state index contributed by atoms with van der Waals surface area (Å²) in [5, 5.41) is 1.02. The first-order chi connectivity index (χ1) is 5.74. The van der Waals surface area contributed by atoms with Crippen LogP contribution in [0, 0.1) is 0 Å². The maximum atomic E-state index is 5.80. The summed E-state index contributed by atoms with van der Waals surface area (Å²) in [6, 6.07) is 5.91. The van der Waals surface area contributed by atoms with Gasteiger partial charge in [0, 0.05) is 15.9 Å². The van der Waals surface area contributed by atoms with Crippen molar-refractivity contribution < 1.29 is 0 Å². The lowest BCUT2D eigenvalue weighted by Gasteiger charge is -2.04. The fourth-order valence-corrected chi connectivity index (χ4v) is 1.56. The molecule has 1 aromatic carbocycles. The number of hydrogen-bond donors (Lipinski definition) is 2. The van der Waals surface area contributed by atoms with Crippen molar-refractivity contribution in [3.05, 3.63) is 23.8 Å². The third-order valence-electron chi connectivity index (χ3n) is 1.71. The van der Waals surface area contributed by atoms with Gasteiger partial charge in [-0.2, -0.15) is 0 Å². The molecular weight excluding hydrogens is 234 g/mol. The van der Waals surface area contributed by atoms with E-state index in [1.807, 2.05) is 18.2 Å². The summed E-state index contributed by atoms with van der Waals surface area (Å²) >= 11 is 7.59. The van der Waals surface area contributed by atoms with Gasteiger partial charge in [0.2, 0.25) is 0 Å². The minimum absolute atomic E-state index is 0.850. The van der Waals surface area contributed by atoms with Crippen molar-refractivity contribution in [3.63, 3.8) is 0 Å². The van der Waals surface area contributed by atoms with Gasteiger partial charge in [-0.3, -0.25) is 0 Å². The van der Waals surface area contributed by atoms with Gasteiger partial charge in [-0.25, -0.2) is 0 Å². The van der Waals surface area contributed by atoms with E-state index in [1.165, 1.54) is 5.56 Å². The first kappa shape index (κ1) is 9.93. The Labute approximate surface area is 86.9 Å². The highest BCUT2D eigenvalue weighted by molar-refractivity contribution is 9.09. The quantitative estimate of drug-likeness (QED) is 0.478. The Balaban J connectivity index is 2.72. The smallest absolute Gasteiger partial charge is 0.0357 e. The van der Waals surface area contributed by atoms with Gasteiger partial charge in [-0.15, -0.1) is 12.6 Å². The van der Waals surface area contributed by atoms with Gasteiger partial charge in [0.25, 0.3) is 0 Å². The number of alkyl halides is 1. The Bertz CT molecular complexity index is 263. The van der Waals surface area contributed by atoms with E-state index in [4.69, 9.17) is 5.73 Å². The monoisotopic (exact) mass is 245 g/mol. The second-order valence-corrected chi connectivity index (χ2v) is 3.99. The summed E-state index contributed by atoms with van der Waals surface area (Å²) in [6.07, 6.45) is 2.15. The highest BCUT2D eigenvalue weighted by atomic mass is 79.9. The van der Waals surface area contributed by atoms with Crippen LogP contribution in [0.4, 0.5) is 5.69 Å². The highest BCUT2D eigenvalue weighted by Gasteiger charge is 1.98. The molecule has 0 fully saturated rings. The van der Waals surface area contributed by atoms with Gasteiger partial charge in [0.1, 0.15) is 0 Å². The number of nitrogens with two attached hydrogens (primary N) is 1. The van der Waals surface area contributed by atoms with E-state index in [9.17, 15) is 0 Å². The largest absolute Gasteiger partial charge is 0.398 e. The zero-order valence-corrected chi connectivity index (χ0v) is 9.24. The molecule has 0 atom stereocenters. The molecule has 0 aliphatic carbocycles. The van der Waals surface area contributed by atoms with E-state index >= 15 is 0 Å². The van der Waals surface area contributed by atoms with E-state index < -0.39 is 0 Å². The lowest BCUT2D eigenvalue weighted by atomic mass is 10.1. The number of nitrogen functional groups attached to an aromatic ring is 1. The lowest BCUT2D eigenvalue weighted by molar-refractivity contribution is 0.940. The van der Waals surface area contributed by atoms with E-state index in [-0.39, 0.29) is 0 Å². The molecule has 0 bridgehead atoms. The predicted octanol–water partition coefficient (Wildman–Crippen LogP) is 2.89. The number of anilines is 1. The Kier molecular flexibility index (Phi) is 3.95. The van der Waals surface area contributed by atoms with Crippen LogP contribution in [0.25, 0.3) is 0 Å². The maximum absolute atomic E-state index is 5.80. The molecule has 1 rings (SSSR count). The molecule has 0 heterocycles. The molecule has 0 aromatic heterocycles. The Morgan fingerprint density at radius 1 is 1.42 bits per heavy atom. The molecule has 0 unspecified atom stereocenters. The zero-order valence-electron chi connectivity index (χ0n) is 6.76. The number of aryl methyl sites for hydroxylation is 1. The molecule has 12 heavy (non-hydrogen) atoms. The van der Waals surface area contributed by atoms with Crippen molar-refractivity contribution in [2.75, 3.05) is 11.1 Å². The van der Waals surface area contributed by atoms with Crippen molar-refractivity contribution in [1.82, 2.24) is 0 Å². The summed E-state index contributed by atoms with van der Waals surface area (Å²) in [5.41, 5.74) is 7.86. The first-order valence-corrected chi connectivity index (χ1v) is 5.44. The van der Waals surface area contributed by atoms with Crippen molar-refractivity contribution in [1.29, 1.82) is 0 Å². The number of thiol groups is 1. The van der Waals surface area contributed by atoms with E-state index in [0.717, 1.165) is 28.8 Å². The van der Waals surface area contributed by atoms with Gasteiger partial charge in [-0.05, 0) is 30.5 Å². The van der Waals surface area contributed by atoms with Crippen LogP contribution in [0.15, 0.2) is 23.1 Å². The molecule has 0 aliphatic heterocycles. The van der Waals surface area contributed by atoms with Crippen LogP contribution >= 0.6 is 28.6 Å². The second kappa shape index (κ2) is 4.77. The molecule has 0 spiro atoms. The molecule has 0 aliphatic rings. The van der Waals surface area contributed by atoms with Crippen LogP contribution in [-0.4, -0.2) is 5.33 Å². The van der Waals surface area contributed by atoms with E-state index in [2.05, 4.69) is 28.6 Å². The molecule has 0 saturated carbocycles. The standard InChI is InChI=1S/C9H12BrNS/c10-5-1-2-7-3-4-8(12)6-9(7)11/h3-4,6,12H,1-2,5,11H2. The third-order valence-corrected chi connectivity index (χ3v) is 2.55. The fraction of sp³-hybridized carbons (Fsp3) is 0.333. The van der Waals surface area contributed by atoms with Crippen LogP contribution < -0.4 is 5.73 Å². The Morgan fingerprint density at radius 2 is 2.17 bits per heavy atom. The fourth-order valence-electron chi connectivity index (χ4n) is 1.07. The molecule has 0 radical (unpaired) electrons. The summed E-state index contributed by atoms with van der Waals surface area (Å²) < 4.78 is 0. The van der Waals surface area contributed by atoms with Gasteiger partial charge in [0.05, 0.1) is 0 Å². The average molecular weight is 246 g/mol. The average Bonchev–Trinajstić information content (AvgIpc) is 2.03. The SMILES string of the molecule is Nc1cc(S)ccc1CCCBr. The first-order valence-electron chi connectivity index (χ1n) is 3.87. The predicted molar refractivity (Wildman–Crippen MR) is 60.2 cm³/mol. The zero-order chi connectivity index (χ0) is 8.97. The van der Waals surface area contributed by atoms with Crippen LogP contribution in [0.3, 0.4) is 0 Å². The Hall–Kier alpha value is -0.150. The molecule has 0 saturated heterocycles. The summed E-state index contributed by atoms with van der Waals surface area (Å²) in [6.45, 7) is 0. The van der Waals surface area contributed by atoms with E-state index in [1.54, 1.807) is 0 Å². The van der Waals surface area contributed by atoms with Crippen molar-refractivity contribution in [2.24, 2.45) is 0 Å². The minimum atomic E-state index is 0.850. The van der Waals surface area contributed by atoms with Gasteiger partial charge >= 0.3 is 0 Å². The molecule has 1 nitrogen and oxygen atoms in total. The lowest BCUT2D eigenvalue weighted by Crippen LogP contribution is -1.94. The number of hydrogen-bond acceptors (Lipinski definition) is 2. The highest BCUT2D eigenvalue weighted by Crippen LogP contribution is 2.18. The van der Waals surface area contributed by atoms with E-state index in [0.29, 0.717) is 0 Å². The van der Waals surface area contributed by atoms with Gasteiger partial charge in [-0.1, -0.05) is 22.0 Å². The molecule has 1 aromatic rings. The summed E-state index contributed by atoms with van der Waals surface area (Å²) in [4.78, 5) is 0.926. The van der Waals surface area contributed by atoms with Gasteiger partial charge < -0.3 is 5.73 Å². The molecule has 3 heteroatoms. The summed E-state index contributed by atoms with van der Waals surface area (Å²) in [5.74, 6) is 0. The maximum Gasteiger partial charge on any atom is 0.0357 e. The molecular formula is C9H12BrNS. The number of halogens is 1. The van der Waals surface area contributed by atoms with Crippen LogP contribution in [0.2, 0.25) is 0 Å². The van der Waals surface area contributed by atoms with Crippen molar-refractivity contribution in [3.8, 4) is 0 Å². The normalized spacial score (nSPS) is 10.2. The second-order valence-electron chi connectivity index (χ2n) is 2.68. The van der Waals surface area contributed by atoms with Crippen molar-refractivity contribution in [2.45, 2.75) is 17.7 Å². The molecule has 2 N–H and O–H groups in total. The van der Waals surface area contributed by atoms with Crippen LogP contribution in [0.1, 0.15) is 12.0 Å². The van der Waals surface area contributed by atoms with Crippen molar-refractivity contribution >= 4 is 34.2 Å². The number of benzene rings is 1.